The summed E-state index contributed by atoms with van der Waals surface area (Å²) in [5, 5.41) is 5.12. The first kappa shape index (κ1) is 16.6. The van der Waals surface area contributed by atoms with Gasteiger partial charge in [0.05, 0.1) is 12.6 Å². The Morgan fingerprint density at radius 3 is 2.96 bits per heavy atom. The third-order valence-corrected chi connectivity index (χ3v) is 6.84. The predicted molar refractivity (Wildman–Crippen MR) is 103 cm³/mol. The lowest BCUT2D eigenvalue weighted by atomic mass is 10.1. The molecule has 1 unspecified atom stereocenters. The van der Waals surface area contributed by atoms with Crippen LogP contribution in [-0.4, -0.2) is 22.6 Å². The molecule has 0 spiro atoms. The molecule has 1 atom stereocenters. The molecular weight excluding hydrogens is 344 g/mol. The molecule has 0 radical (unpaired) electrons. The van der Waals surface area contributed by atoms with Crippen molar-refractivity contribution in [3.8, 4) is 0 Å². The highest BCUT2D eigenvalue weighted by Crippen LogP contribution is 2.27. The van der Waals surface area contributed by atoms with Gasteiger partial charge >= 0.3 is 0 Å². The number of aliphatic imine (C=N–C) groups is 1. The van der Waals surface area contributed by atoms with Crippen molar-refractivity contribution >= 4 is 45.1 Å². The number of nitrogens with zero attached hydrogens (tertiary/aromatic N) is 1. The number of carbonyl (C=O) groups excluding carboxylic acids is 1. The zero-order valence-electron chi connectivity index (χ0n) is 12.8. The van der Waals surface area contributed by atoms with Crippen LogP contribution in [0.1, 0.15) is 33.8 Å². The van der Waals surface area contributed by atoms with Gasteiger partial charge in [-0.15, -0.1) is 11.3 Å². The molecule has 1 aromatic carbocycles. The molecule has 0 fully saturated rings. The largest absolute Gasteiger partial charge is 0.345 e. The van der Waals surface area contributed by atoms with E-state index in [-0.39, 0.29) is 11.9 Å². The molecule has 0 aliphatic carbocycles. The van der Waals surface area contributed by atoms with Crippen LogP contribution in [0.2, 0.25) is 0 Å². The Hall–Kier alpha value is -1.24. The standard InChI is InChI=1S/C17H18N2OS3/c1-12(15-7-4-9-21-15)19-16(20)14-6-3-2-5-13(14)11-23-17-18-8-10-22-17/h2-7,9,12H,8,10-11H2,1H3,(H,19,20). The van der Waals surface area contributed by atoms with E-state index in [9.17, 15) is 4.79 Å². The number of rotatable bonds is 5. The highest BCUT2D eigenvalue weighted by molar-refractivity contribution is 8.38. The van der Waals surface area contributed by atoms with Gasteiger partial charge in [-0.2, -0.15) is 0 Å². The highest BCUT2D eigenvalue weighted by atomic mass is 32.2. The third-order valence-electron chi connectivity index (χ3n) is 3.49. The first-order valence-electron chi connectivity index (χ1n) is 7.46. The van der Waals surface area contributed by atoms with Crippen molar-refractivity contribution in [1.82, 2.24) is 5.32 Å². The van der Waals surface area contributed by atoms with Gasteiger partial charge in [0.25, 0.3) is 5.91 Å². The number of thiophene rings is 1. The van der Waals surface area contributed by atoms with Gasteiger partial charge in [-0.1, -0.05) is 47.8 Å². The molecule has 3 nitrogen and oxygen atoms in total. The molecule has 1 amide bonds. The first-order valence-corrected chi connectivity index (χ1v) is 10.3. The number of carbonyl (C=O) groups is 1. The minimum absolute atomic E-state index is 0.0110. The quantitative estimate of drug-likeness (QED) is 0.847. The SMILES string of the molecule is CC(NC(=O)c1ccccc1CSC1=NCCS1)c1cccs1. The van der Waals surface area contributed by atoms with Crippen molar-refractivity contribution in [3.63, 3.8) is 0 Å². The van der Waals surface area contributed by atoms with E-state index in [1.54, 1.807) is 34.9 Å². The Bertz CT molecular complexity index is 698. The van der Waals surface area contributed by atoms with Crippen LogP contribution >= 0.6 is 34.9 Å². The van der Waals surface area contributed by atoms with Crippen LogP contribution in [0.5, 0.6) is 0 Å². The Labute approximate surface area is 149 Å². The topological polar surface area (TPSA) is 41.5 Å². The Balaban J connectivity index is 1.67. The van der Waals surface area contributed by atoms with Gasteiger partial charge in [-0.05, 0) is 30.0 Å². The number of benzene rings is 1. The van der Waals surface area contributed by atoms with Crippen LogP contribution in [0.25, 0.3) is 0 Å². The molecule has 2 heterocycles. The first-order chi connectivity index (χ1) is 11.2. The van der Waals surface area contributed by atoms with Gasteiger partial charge in [0, 0.05) is 21.9 Å². The molecule has 1 aliphatic heterocycles. The van der Waals surface area contributed by atoms with Gasteiger partial charge in [0.15, 0.2) is 0 Å². The van der Waals surface area contributed by atoms with Gasteiger partial charge in [0.2, 0.25) is 0 Å². The van der Waals surface area contributed by atoms with Crippen LogP contribution in [0.15, 0.2) is 46.8 Å². The Morgan fingerprint density at radius 2 is 2.22 bits per heavy atom. The molecule has 0 saturated carbocycles. The lowest BCUT2D eigenvalue weighted by molar-refractivity contribution is 0.0940. The number of amides is 1. The molecule has 2 aromatic rings. The third kappa shape index (κ3) is 4.40. The van der Waals surface area contributed by atoms with Crippen molar-refractivity contribution in [2.45, 2.75) is 18.7 Å². The fourth-order valence-electron chi connectivity index (χ4n) is 2.29. The monoisotopic (exact) mass is 362 g/mol. The smallest absolute Gasteiger partial charge is 0.252 e. The second-order valence-electron chi connectivity index (χ2n) is 5.15. The fourth-order valence-corrected chi connectivity index (χ4v) is 5.04. The molecular formula is C17H18N2OS3. The van der Waals surface area contributed by atoms with Crippen LogP contribution in [0.4, 0.5) is 0 Å². The van der Waals surface area contributed by atoms with Gasteiger partial charge in [-0.3, -0.25) is 9.79 Å². The van der Waals surface area contributed by atoms with Crippen molar-refractivity contribution in [1.29, 1.82) is 0 Å². The molecule has 23 heavy (non-hydrogen) atoms. The van der Waals surface area contributed by atoms with Crippen molar-refractivity contribution in [2.75, 3.05) is 12.3 Å². The summed E-state index contributed by atoms with van der Waals surface area (Å²) in [6.07, 6.45) is 0. The second-order valence-corrected chi connectivity index (χ2v) is 8.44. The number of hydrogen-bond acceptors (Lipinski definition) is 5. The van der Waals surface area contributed by atoms with Gasteiger partial charge in [-0.25, -0.2) is 0 Å². The molecule has 0 saturated heterocycles. The summed E-state index contributed by atoms with van der Waals surface area (Å²) in [6, 6.07) is 11.9. The summed E-state index contributed by atoms with van der Waals surface area (Å²) < 4.78 is 1.13. The maximum atomic E-state index is 12.6. The van der Waals surface area contributed by atoms with E-state index in [1.165, 1.54) is 4.88 Å². The van der Waals surface area contributed by atoms with Crippen molar-refractivity contribution in [3.05, 3.63) is 57.8 Å². The lowest BCUT2D eigenvalue weighted by Gasteiger charge is -2.14. The van der Waals surface area contributed by atoms with E-state index in [4.69, 9.17) is 0 Å². The van der Waals surface area contributed by atoms with E-state index >= 15 is 0 Å². The number of nitrogens with one attached hydrogen (secondary N) is 1. The minimum Gasteiger partial charge on any atom is -0.345 e. The summed E-state index contributed by atoms with van der Waals surface area (Å²) >= 11 is 5.18. The van der Waals surface area contributed by atoms with Crippen molar-refractivity contribution < 1.29 is 4.79 Å². The average Bonchev–Trinajstić information content (AvgIpc) is 3.26. The van der Waals surface area contributed by atoms with E-state index in [1.807, 2.05) is 48.7 Å². The lowest BCUT2D eigenvalue weighted by Crippen LogP contribution is -2.27. The number of hydrogen-bond donors (Lipinski definition) is 1. The Kier molecular flexibility index (Phi) is 5.80. The Morgan fingerprint density at radius 1 is 1.35 bits per heavy atom. The fraction of sp³-hybridized carbons (Fsp3) is 0.294. The summed E-state index contributed by atoms with van der Waals surface area (Å²) in [6.45, 7) is 2.93. The van der Waals surface area contributed by atoms with Crippen LogP contribution in [0.3, 0.4) is 0 Å². The highest BCUT2D eigenvalue weighted by Gasteiger charge is 2.16. The number of thioether (sulfide) groups is 2. The minimum atomic E-state index is -0.0110. The van der Waals surface area contributed by atoms with Gasteiger partial charge in [0.1, 0.15) is 4.38 Å². The second kappa shape index (κ2) is 8.04. The van der Waals surface area contributed by atoms with Crippen molar-refractivity contribution in [2.24, 2.45) is 4.99 Å². The van der Waals surface area contributed by atoms with E-state index in [0.29, 0.717) is 0 Å². The molecule has 1 aromatic heterocycles. The summed E-state index contributed by atoms with van der Waals surface area (Å²) in [7, 11) is 0. The molecule has 1 aliphatic rings. The average molecular weight is 363 g/mol. The molecule has 1 N–H and O–H groups in total. The zero-order valence-corrected chi connectivity index (χ0v) is 15.3. The summed E-state index contributed by atoms with van der Waals surface area (Å²) in [5.41, 5.74) is 1.82. The van der Waals surface area contributed by atoms with E-state index in [0.717, 1.165) is 33.6 Å². The molecule has 6 heteroatoms. The molecule has 0 bridgehead atoms. The van der Waals surface area contributed by atoms with E-state index < -0.39 is 0 Å². The predicted octanol–water partition coefficient (Wildman–Crippen LogP) is 4.58. The van der Waals surface area contributed by atoms with Crippen LogP contribution in [-0.2, 0) is 5.75 Å². The van der Waals surface area contributed by atoms with Gasteiger partial charge < -0.3 is 5.32 Å². The maximum absolute atomic E-state index is 12.6. The van der Waals surface area contributed by atoms with E-state index in [2.05, 4.69) is 10.3 Å². The maximum Gasteiger partial charge on any atom is 0.252 e. The summed E-state index contributed by atoms with van der Waals surface area (Å²) in [5.74, 6) is 1.84. The summed E-state index contributed by atoms with van der Waals surface area (Å²) in [4.78, 5) is 18.2. The molecule has 120 valence electrons. The van der Waals surface area contributed by atoms with Crippen LogP contribution in [0, 0.1) is 0 Å². The van der Waals surface area contributed by atoms with Crippen LogP contribution < -0.4 is 5.32 Å². The zero-order chi connectivity index (χ0) is 16.1. The normalized spacial score (nSPS) is 15.3. The molecule has 3 rings (SSSR count).